The van der Waals surface area contributed by atoms with Gasteiger partial charge >= 0.3 is 5.97 Å². The van der Waals surface area contributed by atoms with Gasteiger partial charge in [-0.3, -0.25) is 9.59 Å². The summed E-state index contributed by atoms with van der Waals surface area (Å²) in [5.41, 5.74) is 2.72. The van der Waals surface area contributed by atoms with Crippen molar-refractivity contribution in [2.45, 2.75) is 26.9 Å². The predicted octanol–water partition coefficient (Wildman–Crippen LogP) is 3.98. The molecule has 0 saturated carbocycles. The Morgan fingerprint density at radius 3 is 2.34 bits per heavy atom. The standard InChI is InChI=1S/C22H20FNO5/c1-14-20(15(2)29-24-14)12-27-19-9-3-16(4-10-19)11-22(26)28-13-21(25)17-5-7-18(23)8-6-17/h3-10H,11-13H2,1-2H3. The van der Waals surface area contributed by atoms with Gasteiger partial charge in [-0.25, -0.2) is 4.39 Å². The van der Waals surface area contributed by atoms with Crippen molar-refractivity contribution in [3.63, 3.8) is 0 Å². The quantitative estimate of drug-likeness (QED) is 0.423. The summed E-state index contributed by atoms with van der Waals surface area (Å²) in [5.74, 6) is 0.0228. The minimum absolute atomic E-state index is 0.0286. The Labute approximate surface area is 167 Å². The number of Topliss-reactive ketones (excluding diaryl/α,β-unsaturated/α-hetero) is 1. The van der Waals surface area contributed by atoms with Crippen molar-refractivity contribution < 1.29 is 28.0 Å². The van der Waals surface area contributed by atoms with Crippen LogP contribution in [-0.2, 0) is 22.6 Å². The average molecular weight is 397 g/mol. The maximum atomic E-state index is 12.9. The van der Waals surface area contributed by atoms with Gasteiger partial charge in [0.1, 0.15) is 23.9 Å². The number of aromatic nitrogens is 1. The number of ether oxygens (including phenoxy) is 2. The van der Waals surface area contributed by atoms with Crippen LogP contribution in [0, 0.1) is 19.7 Å². The number of carbonyl (C=O) groups excluding carboxylic acids is 2. The molecule has 6 nitrogen and oxygen atoms in total. The summed E-state index contributed by atoms with van der Waals surface area (Å²) in [5, 5.41) is 3.88. The molecule has 3 aromatic rings. The van der Waals surface area contributed by atoms with Crippen molar-refractivity contribution in [2.75, 3.05) is 6.61 Å². The SMILES string of the molecule is Cc1noc(C)c1COc1ccc(CC(=O)OCC(=O)c2ccc(F)cc2)cc1. The number of rotatable bonds is 8. The molecule has 0 amide bonds. The van der Waals surface area contributed by atoms with Crippen molar-refractivity contribution in [2.24, 2.45) is 0 Å². The van der Waals surface area contributed by atoms with Gasteiger partial charge in [-0.05, 0) is 55.8 Å². The Balaban J connectivity index is 1.47. The number of carbonyl (C=O) groups is 2. The second-order valence-corrected chi connectivity index (χ2v) is 6.50. The molecule has 0 N–H and O–H groups in total. The van der Waals surface area contributed by atoms with Gasteiger partial charge in [0.15, 0.2) is 12.4 Å². The van der Waals surface area contributed by atoms with Gasteiger partial charge in [0.25, 0.3) is 0 Å². The number of esters is 1. The van der Waals surface area contributed by atoms with E-state index in [2.05, 4.69) is 5.16 Å². The molecule has 0 aliphatic carbocycles. The summed E-state index contributed by atoms with van der Waals surface area (Å²) in [6, 6.07) is 12.1. The van der Waals surface area contributed by atoms with Crippen molar-refractivity contribution in [3.05, 3.63) is 82.5 Å². The maximum Gasteiger partial charge on any atom is 0.310 e. The number of ketones is 1. The van der Waals surface area contributed by atoms with Crippen LogP contribution in [-0.4, -0.2) is 23.5 Å². The lowest BCUT2D eigenvalue weighted by Gasteiger charge is -2.08. The molecule has 0 atom stereocenters. The molecule has 0 radical (unpaired) electrons. The topological polar surface area (TPSA) is 78.6 Å². The minimum atomic E-state index is -0.523. The van der Waals surface area contributed by atoms with E-state index in [9.17, 15) is 14.0 Å². The van der Waals surface area contributed by atoms with Crippen LogP contribution >= 0.6 is 0 Å². The van der Waals surface area contributed by atoms with E-state index < -0.39 is 11.8 Å². The molecule has 0 bridgehead atoms. The first-order valence-corrected chi connectivity index (χ1v) is 9.00. The highest BCUT2D eigenvalue weighted by atomic mass is 19.1. The highest BCUT2D eigenvalue weighted by Gasteiger charge is 2.12. The highest BCUT2D eigenvalue weighted by molar-refractivity contribution is 5.97. The number of nitrogens with zero attached hydrogens (tertiary/aromatic N) is 1. The van der Waals surface area contributed by atoms with Gasteiger partial charge in [-0.1, -0.05) is 17.3 Å². The minimum Gasteiger partial charge on any atom is -0.489 e. The second-order valence-electron chi connectivity index (χ2n) is 6.50. The molecule has 0 saturated heterocycles. The molecule has 3 rings (SSSR count). The lowest BCUT2D eigenvalue weighted by atomic mass is 10.1. The van der Waals surface area contributed by atoms with Crippen LogP contribution in [0.3, 0.4) is 0 Å². The van der Waals surface area contributed by atoms with Crippen LogP contribution in [0.5, 0.6) is 5.75 Å². The first-order chi connectivity index (χ1) is 13.9. The van der Waals surface area contributed by atoms with Crippen molar-refractivity contribution in [3.8, 4) is 5.75 Å². The third-order valence-corrected chi connectivity index (χ3v) is 4.37. The van der Waals surface area contributed by atoms with Crippen molar-refractivity contribution in [1.29, 1.82) is 0 Å². The van der Waals surface area contributed by atoms with E-state index in [0.29, 0.717) is 17.9 Å². The summed E-state index contributed by atoms with van der Waals surface area (Å²) in [6.45, 7) is 3.64. The lowest BCUT2D eigenvalue weighted by molar-refractivity contribution is -0.141. The molecule has 0 fully saturated rings. The van der Waals surface area contributed by atoms with Crippen LogP contribution in [0.4, 0.5) is 4.39 Å². The third kappa shape index (κ3) is 5.51. The molecule has 150 valence electrons. The maximum absolute atomic E-state index is 12.9. The zero-order valence-corrected chi connectivity index (χ0v) is 16.1. The van der Waals surface area contributed by atoms with Crippen LogP contribution in [0.25, 0.3) is 0 Å². The number of benzene rings is 2. The molecular weight excluding hydrogens is 377 g/mol. The Kier molecular flexibility index (Phi) is 6.39. The van der Waals surface area contributed by atoms with Crippen LogP contribution in [0.15, 0.2) is 53.1 Å². The summed E-state index contributed by atoms with van der Waals surface area (Å²) in [7, 11) is 0. The van der Waals surface area contributed by atoms with E-state index in [1.54, 1.807) is 24.3 Å². The summed E-state index contributed by atoms with van der Waals surface area (Å²) in [4.78, 5) is 23.9. The summed E-state index contributed by atoms with van der Waals surface area (Å²) >= 11 is 0. The average Bonchev–Trinajstić information content (AvgIpc) is 3.04. The monoisotopic (exact) mass is 397 g/mol. The Morgan fingerprint density at radius 2 is 1.72 bits per heavy atom. The molecule has 0 aliphatic rings. The van der Waals surface area contributed by atoms with E-state index >= 15 is 0 Å². The molecule has 2 aromatic carbocycles. The highest BCUT2D eigenvalue weighted by Crippen LogP contribution is 2.18. The molecule has 7 heteroatoms. The van der Waals surface area contributed by atoms with Gasteiger partial charge in [-0.15, -0.1) is 0 Å². The Bertz CT molecular complexity index is 974. The second kappa shape index (κ2) is 9.14. The van der Waals surface area contributed by atoms with E-state index in [4.69, 9.17) is 14.0 Å². The molecular formula is C22H20FNO5. The van der Waals surface area contributed by atoms with Gasteiger partial charge in [0.2, 0.25) is 0 Å². The molecule has 0 unspecified atom stereocenters. The van der Waals surface area contributed by atoms with Gasteiger partial charge in [0.05, 0.1) is 17.7 Å². The van der Waals surface area contributed by atoms with Crippen molar-refractivity contribution in [1.82, 2.24) is 5.16 Å². The largest absolute Gasteiger partial charge is 0.489 e. The number of halogens is 1. The zero-order chi connectivity index (χ0) is 20.8. The van der Waals surface area contributed by atoms with Gasteiger partial charge < -0.3 is 14.0 Å². The molecule has 29 heavy (non-hydrogen) atoms. The summed E-state index contributed by atoms with van der Waals surface area (Å²) < 4.78 is 28.7. The van der Waals surface area contributed by atoms with E-state index in [0.717, 1.165) is 22.6 Å². The van der Waals surface area contributed by atoms with Crippen LogP contribution < -0.4 is 4.74 Å². The fourth-order valence-corrected chi connectivity index (χ4v) is 2.65. The first-order valence-electron chi connectivity index (χ1n) is 9.00. The fourth-order valence-electron chi connectivity index (χ4n) is 2.65. The predicted molar refractivity (Wildman–Crippen MR) is 102 cm³/mol. The number of hydrogen-bond acceptors (Lipinski definition) is 6. The van der Waals surface area contributed by atoms with E-state index in [-0.39, 0.29) is 18.8 Å². The smallest absolute Gasteiger partial charge is 0.310 e. The zero-order valence-electron chi connectivity index (χ0n) is 16.1. The Hall–Kier alpha value is -3.48. The van der Waals surface area contributed by atoms with E-state index in [1.165, 1.54) is 24.3 Å². The number of hydrogen-bond donors (Lipinski definition) is 0. The molecule has 1 heterocycles. The lowest BCUT2D eigenvalue weighted by Crippen LogP contribution is -2.15. The van der Waals surface area contributed by atoms with Gasteiger partial charge in [-0.2, -0.15) is 0 Å². The van der Waals surface area contributed by atoms with Crippen LogP contribution in [0.1, 0.15) is 32.9 Å². The van der Waals surface area contributed by atoms with E-state index in [1.807, 2.05) is 13.8 Å². The molecule has 0 aliphatic heterocycles. The van der Waals surface area contributed by atoms with Crippen LogP contribution in [0.2, 0.25) is 0 Å². The molecule has 1 aromatic heterocycles. The van der Waals surface area contributed by atoms with Crippen molar-refractivity contribution >= 4 is 11.8 Å². The Morgan fingerprint density at radius 1 is 1.03 bits per heavy atom. The fraction of sp³-hybridized carbons (Fsp3) is 0.227. The molecule has 0 spiro atoms. The third-order valence-electron chi connectivity index (χ3n) is 4.37. The number of aryl methyl sites for hydroxylation is 2. The van der Waals surface area contributed by atoms with Gasteiger partial charge in [0, 0.05) is 5.56 Å². The normalized spacial score (nSPS) is 10.6. The first kappa shape index (κ1) is 20.3. The summed E-state index contributed by atoms with van der Waals surface area (Å²) in [6.07, 6.45) is 0.0286.